The summed E-state index contributed by atoms with van der Waals surface area (Å²) in [7, 11) is 1.11. The maximum absolute atomic E-state index is 13.3. The molecule has 0 unspecified atom stereocenters. The van der Waals surface area contributed by atoms with E-state index in [0.29, 0.717) is 0 Å². The van der Waals surface area contributed by atoms with Crippen molar-refractivity contribution < 1.29 is 27.4 Å². The molecule has 0 atom stereocenters. The molecule has 94 valence electrons. The first kappa shape index (κ1) is 13.6. The van der Waals surface area contributed by atoms with Gasteiger partial charge in [0.25, 0.3) is 0 Å². The third-order valence-corrected chi connectivity index (χ3v) is 2.21. The van der Waals surface area contributed by atoms with Crippen LogP contribution in [0.4, 0.5) is 13.2 Å². The van der Waals surface area contributed by atoms with E-state index in [4.69, 9.17) is 11.6 Å². The highest BCUT2D eigenvalue weighted by atomic mass is 35.5. The maximum Gasteiger partial charge on any atom is 0.387 e. The predicted molar refractivity (Wildman–Crippen MR) is 53.9 cm³/mol. The van der Waals surface area contributed by atoms with Crippen molar-refractivity contribution in [2.75, 3.05) is 7.11 Å². The second-order valence-corrected chi connectivity index (χ2v) is 3.21. The number of methoxy groups -OCH3 is 1. The van der Waals surface area contributed by atoms with Gasteiger partial charge in [0.1, 0.15) is 0 Å². The molecule has 1 aromatic carbocycles. The van der Waals surface area contributed by atoms with Crippen LogP contribution in [-0.2, 0) is 10.6 Å². The minimum Gasteiger partial charge on any atom is -0.465 e. The van der Waals surface area contributed by atoms with Crippen molar-refractivity contribution in [2.24, 2.45) is 0 Å². The van der Waals surface area contributed by atoms with Crippen LogP contribution in [0.5, 0.6) is 5.75 Å². The molecule has 0 fully saturated rings. The maximum atomic E-state index is 13.3. The zero-order chi connectivity index (χ0) is 13.0. The smallest absolute Gasteiger partial charge is 0.387 e. The van der Waals surface area contributed by atoms with Crippen molar-refractivity contribution >= 4 is 17.6 Å². The Bertz CT molecular complexity index is 424. The van der Waals surface area contributed by atoms with Gasteiger partial charge in [0, 0.05) is 5.88 Å². The Labute approximate surface area is 100 Å². The normalized spacial score (nSPS) is 10.5. The molecule has 1 aromatic rings. The van der Waals surface area contributed by atoms with Crippen molar-refractivity contribution in [1.29, 1.82) is 0 Å². The van der Waals surface area contributed by atoms with E-state index in [1.807, 2.05) is 0 Å². The van der Waals surface area contributed by atoms with Gasteiger partial charge in [-0.15, -0.1) is 11.6 Å². The standard InChI is InChI=1S/C10H8ClF3O3/c1-16-9(15)6-3-8(17-10(13)14)7(12)2-5(6)4-11/h2-3,10H,4H2,1H3. The third-order valence-electron chi connectivity index (χ3n) is 1.92. The summed E-state index contributed by atoms with van der Waals surface area (Å²) in [4.78, 5) is 11.3. The quantitative estimate of drug-likeness (QED) is 0.622. The average Bonchev–Trinajstić information content (AvgIpc) is 2.29. The topological polar surface area (TPSA) is 35.5 Å². The molecule has 3 nitrogen and oxygen atoms in total. The Balaban J connectivity index is 3.22. The van der Waals surface area contributed by atoms with E-state index >= 15 is 0 Å². The van der Waals surface area contributed by atoms with Gasteiger partial charge >= 0.3 is 12.6 Å². The zero-order valence-electron chi connectivity index (χ0n) is 8.68. The molecule has 0 radical (unpaired) electrons. The number of ether oxygens (including phenoxy) is 2. The highest BCUT2D eigenvalue weighted by Crippen LogP contribution is 2.25. The van der Waals surface area contributed by atoms with E-state index in [1.165, 1.54) is 0 Å². The molecule has 0 bridgehead atoms. The van der Waals surface area contributed by atoms with Crippen LogP contribution in [0.15, 0.2) is 12.1 Å². The number of carbonyl (C=O) groups is 1. The monoisotopic (exact) mass is 268 g/mol. The summed E-state index contributed by atoms with van der Waals surface area (Å²) in [5.74, 6) is -2.71. The van der Waals surface area contributed by atoms with Gasteiger partial charge in [0.05, 0.1) is 12.7 Å². The molecular formula is C10H8ClF3O3. The highest BCUT2D eigenvalue weighted by Gasteiger charge is 2.18. The number of hydrogen-bond donors (Lipinski definition) is 0. The molecule has 0 spiro atoms. The van der Waals surface area contributed by atoms with Crippen LogP contribution >= 0.6 is 11.6 Å². The van der Waals surface area contributed by atoms with Gasteiger partial charge in [-0.25, -0.2) is 9.18 Å². The Hall–Kier alpha value is -1.43. The van der Waals surface area contributed by atoms with Crippen molar-refractivity contribution in [3.05, 3.63) is 29.1 Å². The van der Waals surface area contributed by atoms with Gasteiger partial charge < -0.3 is 9.47 Å². The molecule has 0 heterocycles. The van der Waals surface area contributed by atoms with Crippen molar-refractivity contribution in [1.82, 2.24) is 0 Å². The summed E-state index contributed by atoms with van der Waals surface area (Å²) in [6.07, 6.45) is 0. The van der Waals surface area contributed by atoms with Gasteiger partial charge in [-0.05, 0) is 17.7 Å². The molecule has 0 saturated carbocycles. The second-order valence-electron chi connectivity index (χ2n) is 2.94. The van der Waals surface area contributed by atoms with E-state index < -0.39 is 24.1 Å². The molecule has 1 rings (SSSR count). The molecule has 7 heteroatoms. The second kappa shape index (κ2) is 5.77. The number of carbonyl (C=O) groups excluding carboxylic acids is 1. The van der Waals surface area contributed by atoms with Crippen LogP contribution < -0.4 is 4.74 Å². The first-order chi connectivity index (χ1) is 7.99. The van der Waals surface area contributed by atoms with E-state index in [-0.39, 0.29) is 17.0 Å². The summed E-state index contributed by atoms with van der Waals surface area (Å²) >= 11 is 5.50. The lowest BCUT2D eigenvalue weighted by molar-refractivity contribution is -0.0522. The number of esters is 1. The zero-order valence-corrected chi connectivity index (χ0v) is 9.43. The minimum atomic E-state index is -3.18. The minimum absolute atomic E-state index is 0.112. The van der Waals surface area contributed by atoms with Gasteiger partial charge in [-0.1, -0.05) is 0 Å². The molecule has 17 heavy (non-hydrogen) atoms. The van der Waals surface area contributed by atoms with E-state index in [2.05, 4.69) is 9.47 Å². The number of alkyl halides is 3. The van der Waals surface area contributed by atoms with Crippen LogP contribution in [-0.4, -0.2) is 19.7 Å². The summed E-state index contributed by atoms with van der Waals surface area (Å²) < 4.78 is 45.5. The lowest BCUT2D eigenvalue weighted by Gasteiger charge is -2.10. The predicted octanol–water partition coefficient (Wildman–Crippen LogP) is 2.95. The van der Waals surface area contributed by atoms with Crippen LogP contribution in [0.1, 0.15) is 15.9 Å². The summed E-state index contributed by atoms with van der Waals surface area (Å²) in [5, 5.41) is 0. The van der Waals surface area contributed by atoms with E-state index in [0.717, 1.165) is 19.2 Å². The fourth-order valence-electron chi connectivity index (χ4n) is 1.19. The van der Waals surface area contributed by atoms with Gasteiger partial charge in [-0.3, -0.25) is 0 Å². The Morgan fingerprint density at radius 2 is 2.12 bits per heavy atom. The van der Waals surface area contributed by atoms with Crippen LogP contribution in [0.25, 0.3) is 0 Å². The van der Waals surface area contributed by atoms with Gasteiger partial charge in [0.2, 0.25) is 0 Å². The molecule has 0 amide bonds. The largest absolute Gasteiger partial charge is 0.465 e. The lowest BCUT2D eigenvalue weighted by atomic mass is 10.1. The molecule has 0 aliphatic heterocycles. The first-order valence-electron chi connectivity index (χ1n) is 4.41. The molecule has 0 aliphatic rings. The van der Waals surface area contributed by atoms with Crippen LogP contribution in [0.2, 0.25) is 0 Å². The fraction of sp³-hybridized carbons (Fsp3) is 0.300. The number of rotatable bonds is 4. The van der Waals surface area contributed by atoms with Crippen molar-refractivity contribution in [2.45, 2.75) is 12.5 Å². The molecule has 0 saturated heterocycles. The first-order valence-corrected chi connectivity index (χ1v) is 4.94. The van der Waals surface area contributed by atoms with E-state index in [1.54, 1.807) is 0 Å². The van der Waals surface area contributed by atoms with Gasteiger partial charge in [0.15, 0.2) is 11.6 Å². The number of hydrogen-bond acceptors (Lipinski definition) is 3. The van der Waals surface area contributed by atoms with Gasteiger partial charge in [-0.2, -0.15) is 8.78 Å². The molecule has 0 N–H and O–H groups in total. The SMILES string of the molecule is COC(=O)c1cc(OC(F)F)c(F)cc1CCl. The highest BCUT2D eigenvalue weighted by molar-refractivity contribution is 6.17. The fourth-order valence-corrected chi connectivity index (χ4v) is 1.41. The molecule has 0 aromatic heterocycles. The lowest BCUT2D eigenvalue weighted by Crippen LogP contribution is -2.09. The van der Waals surface area contributed by atoms with E-state index in [9.17, 15) is 18.0 Å². The van der Waals surface area contributed by atoms with Crippen molar-refractivity contribution in [3.63, 3.8) is 0 Å². The summed E-state index contributed by atoms with van der Waals surface area (Å²) in [6.45, 7) is -3.18. The number of benzene rings is 1. The Kier molecular flexibility index (Phi) is 4.62. The third kappa shape index (κ3) is 3.26. The molecular weight excluding hydrogens is 261 g/mol. The Morgan fingerprint density at radius 1 is 1.47 bits per heavy atom. The van der Waals surface area contributed by atoms with Crippen molar-refractivity contribution in [3.8, 4) is 5.75 Å². The van der Waals surface area contributed by atoms with Crippen LogP contribution in [0.3, 0.4) is 0 Å². The Morgan fingerprint density at radius 3 is 2.59 bits per heavy atom. The van der Waals surface area contributed by atoms with Crippen LogP contribution in [0, 0.1) is 5.82 Å². The average molecular weight is 269 g/mol. The number of halogens is 4. The summed E-state index contributed by atoms with van der Waals surface area (Å²) in [6, 6.07) is 1.70. The summed E-state index contributed by atoms with van der Waals surface area (Å²) in [5.41, 5.74) is 0.0252. The molecule has 0 aliphatic carbocycles.